The monoisotopic (exact) mass is 332 g/mol. The van der Waals surface area contributed by atoms with Crippen LogP contribution in [0.25, 0.3) is 6.08 Å². The van der Waals surface area contributed by atoms with Crippen LogP contribution in [0.1, 0.15) is 38.2 Å². The highest BCUT2D eigenvalue weighted by Gasteiger charge is 2.40. The van der Waals surface area contributed by atoms with Crippen LogP contribution in [0, 0.1) is 11.3 Å². The molecule has 25 heavy (non-hydrogen) atoms. The molecular formula is C21H20N2O2. The Morgan fingerprint density at radius 1 is 1.12 bits per heavy atom. The van der Waals surface area contributed by atoms with Crippen molar-refractivity contribution >= 4 is 17.9 Å². The Morgan fingerprint density at radius 2 is 1.80 bits per heavy atom. The maximum absolute atomic E-state index is 12.9. The summed E-state index contributed by atoms with van der Waals surface area (Å²) in [4.78, 5) is 26.8. The van der Waals surface area contributed by atoms with Gasteiger partial charge >= 0.3 is 0 Å². The molecule has 2 aliphatic rings. The molecule has 4 heteroatoms. The molecule has 0 N–H and O–H groups in total. The van der Waals surface area contributed by atoms with Gasteiger partial charge in [0, 0.05) is 11.6 Å². The van der Waals surface area contributed by atoms with Crippen LogP contribution in [0.3, 0.4) is 0 Å². The van der Waals surface area contributed by atoms with E-state index in [2.05, 4.69) is 0 Å². The van der Waals surface area contributed by atoms with Gasteiger partial charge in [0.2, 0.25) is 0 Å². The first-order chi connectivity index (χ1) is 12.1. The van der Waals surface area contributed by atoms with Crippen molar-refractivity contribution < 1.29 is 9.59 Å². The summed E-state index contributed by atoms with van der Waals surface area (Å²) in [5.41, 5.74) is 1.99. The van der Waals surface area contributed by atoms with E-state index in [1.54, 1.807) is 19.1 Å². The van der Waals surface area contributed by atoms with Gasteiger partial charge in [-0.2, -0.15) is 5.26 Å². The summed E-state index contributed by atoms with van der Waals surface area (Å²) in [6.45, 7) is 1.67. The Labute approximate surface area is 147 Å². The van der Waals surface area contributed by atoms with Crippen LogP contribution in [0.4, 0.5) is 0 Å². The third-order valence-corrected chi connectivity index (χ3v) is 4.81. The second-order valence-corrected chi connectivity index (χ2v) is 6.38. The number of benzene rings is 1. The Hall–Kier alpha value is -2.93. The van der Waals surface area contributed by atoms with Crippen LogP contribution in [-0.4, -0.2) is 22.8 Å². The largest absolute Gasteiger partial charge is 0.271 e. The maximum atomic E-state index is 12.9. The van der Waals surface area contributed by atoms with E-state index < -0.39 is 5.91 Å². The summed E-state index contributed by atoms with van der Waals surface area (Å²) < 4.78 is 0. The topological polar surface area (TPSA) is 61.2 Å². The summed E-state index contributed by atoms with van der Waals surface area (Å²) in [5.74, 6) is -0.729. The molecule has 1 aliphatic heterocycles. The van der Waals surface area contributed by atoms with Gasteiger partial charge in [0.15, 0.2) is 0 Å². The van der Waals surface area contributed by atoms with Crippen molar-refractivity contribution in [3.05, 3.63) is 64.8 Å². The Balaban J connectivity index is 1.96. The Bertz CT molecular complexity index is 819. The number of carbonyl (C=O) groups excluding carboxylic acids is 2. The number of hydrogen-bond acceptors (Lipinski definition) is 3. The lowest BCUT2D eigenvalue weighted by Crippen LogP contribution is -2.47. The van der Waals surface area contributed by atoms with E-state index in [0.717, 1.165) is 31.2 Å². The molecular weight excluding hydrogens is 312 g/mol. The van der Waals surface area contributed by atoms with E-state index in [-0.39, 0.29) is 17.5 Å². The average molecular weight is 332 g/mol. The quantitative estimate of drug-likeness (QED) is 0.625. The van der Waals surface area contributed by atoms with Crippen LogP contribution in [0.5, 0.6) is 0 Å². The summed E-state index contributed by atoms with van der Waals surface area (Å²) in [6, 6.07) is 11.7. The molecule has 3 rings (SSSR count). The molecule has 0 bridgehead atoms. The average Bonchev–Trinajstić information content (AvgIpc) is 3.13. The highest BCUT2D eigenvalue weighted by molar-refractivity contribution is 6.18. The second-order valence-electron chi connectivity index (χ2n) is 6.38. The van der Waals surface area contributed by atoms with Gasteiger partial charge in [0.1, 0.15) is 11.6 Å². The van der Waals surface area contributed by atoms with Crippen molar-refractivity contribution in [3.63, 3.8) is 0 Å². The number of carbonyl (C=O) groups is 2. The first-order valence-corrected chi connectivity index (χ1v) is 8.56. The molecule has 1 aromatic rings. The summed E-state index contributed by atoms with van der Waals surface area (Å²) in [7, 11) is 0. The van der Waals surface area contributed by atoms with Gasteiger partial charge in [-0.15, -0.1) is 0 Å². The minimum absolute atomic E-state index is 0.0749. The van der Waals surface area contributed by atoms with Gasteiger partial charge in [-0.1, -0.05) is 55.3 Å². The SMILES string of the molecule is CC1=C(C#N)C(=O)N(C2CCCC2)C(=O)C1=CC=Cc1ccccc1. The summed E-state index contributed by atoms with van der Waals surface area (Å²) >= 11 is 0. The molecule has 1 saturated carbocycles. The number of amides is 2. The van der Waals surface area contributed by atoms with Gasteiger partial charge in [-0.05, 0) is 37.0 Å². The molecule has 1 heterocycles. The third kappa shape index (κ3) is 3.32. The molecule has 1 aromatic carbocycles. The van der Waals surface area contributed by atoms with Crippen LogP contribution >= 0.6 is 0 Å². The van der Waals surface area contributed by atoms with Gasteiger partial charge in [0.05, 0.1) is 0 Å². The molecule has 0 spiro atoms. The van der Waals surface area contributed by atoms with Crippen molar-refractivity contribution in [3.8, 4) is 6.07 Å². The number of nitriles is 1. The maximum Gasteiger partial charge on any atom is 0.271 e. The minimum atomic E-state index is -0.443. The molecule has 1 fully saturated rings. The zero-order chi connectivity index (χ0) is 17.8. The normalized spacial score (nSPS) is 20.8. The van der Waals surface area contributed by atoms with Crippen molar-refractivity contribution in [2.24, 2.45) is 0 Å². The third-order valence-electron chi connectivity index (χ3n) is 4.81. The van der Waals surface area contributed by atoms with E-state index in [1.807, 2.05) is 42.5 Å². The van der Waals surface area contributed by atoms with Crippen LogP contribution in [-0.2, 0) is 9.59 Å². The van der Waals surface area contributed by atoms with Crippen LogP contribution in [0.2, 0.25) is 0 Å². The molecule has 0 aromatic heterocycles. The number of nitrogens with zero attached hydrogens (tertiary/aromatic N) is 2. The lowest BCUT2D eigenvalue weighted by atomic mass is 9.93. The Morgan fingerprint density at radius 3 is 2.44 bits per heavy atom. The molecule has 0 saturated heterocycles. The predicted molar refractivity (Wildman–Crippen MR) is 96.0 cm³/mol. The van der Waals surface area contributed by atoms with Crippen LogP contribution in [0.15, 0.2) is 59.2 Å². The smallest absolute Gasteiger partial charge is 0.271 e. The molecule has 0 unspecified atom stereocenters. The lowest BCUT2D eigenvalue weighted by Gasteiger charge is -2.31. The van der Waals surface area contributed by atoms with E-state index in [1.165, 1.54) is 4.90 Å². The van der Waals surface area contributed by atoms with Crippen molar-refractivity contribution in [2.45, 2.75) is 38.6 Å². The number of hydrogen-bond donors (Lipinski definition) is 0. The molecule has 0 radical (unpaired) electrons. The fraction of sp³-hybridized carbons (Fsp3) is 0.286. The van der Waals surface area contributed by atoms with E-state index >= 15 is 0 Å². The van der Waals surface area contributed by atoms with Gasteiger partial charge in [0.25, 0.3) is 11.8 Å². The molecule has 4 nitrogen and oxygen atoms in total. The summed E-state index contributed by atoms with van der Waals surface area (Å²) in [6.07, 6.45) is 9.07. The van der Waals surface area contributed by atoms with E-state index in [4.69, 9.17) is 0 Å². The second kappa shape index (κ2) is 7.31. The first kappa shape index (κ1) is 16.9. The first-order valence-electron chi connectivity index (χ1n) is 8.56. The number of imide groups is 1. The van der Waals surface area contributed by atoms with Crippen LogP contribution < -0.4 is 0 Å². The highest BCUT2D eigenvalue weighted by Crippen LogP contribution is 2.32. The predicted octanol–water partition coefficient (Wildman–Crippen LogP) is 3.78. The highest BCUT2D eigenvalue weighted by atomic mass is 16.2. The minimum Gasteiger partial charge on any atom is -0.271 e. The zero-order valence-electron chi connectivity index (χ0n) is 14.2. The van der Waals surface area contributed by atoms with Crippen molar-refractivity contribution in [2.75, 3.05) is 0 Å². The fourth-order valence-electron chi connectivity index (χ4n) is 3.44. The summed E-state index contributed by atoms with van der Waals surface area (Å²) in [5, 5.41) is 9.39. The van der Waals surface area contributed by atoms with E-state index in [9.17, 15) is 14.9 Å². The standard InChI is InChI=1S/C21H20N2O2/c1-15-18(13-7-10-16-8-3-2-4-9-16)20(24)23(17-11-5-6-12-17)21(25)19(15)14-22/h2-4,7-10,13,17H,5-6,11-12H2,1H3. The Kier molecular flexibility index (Phi) is 4.95. The molecule has 0 atom stereocenters. The lowest BCUT2D eigenvalue weighted by molar-refractivity contribution is -0.143. The zero-order valence-corrected chi connectivity index (χ0v) is 14.2. The van der Waals surface area contributed by atoms with Gasteiger partial charge in [-0.25, -0.2) is 0 Å². The number of rotatable bonds is 3. The fourth-order valence-corrected chi connectivity index (χ4v) is 3.44. The van der Waals surface area contributed by atoms with Gasteiger partial charge < -0.3 is 0 Å². The van der Waals surface area contributed by atoms with Crippen molar-refractivity contribution in [1.82, 2.24) is 4.90 Å². The van der Waals surface area contributed by atoms with Gasteiger partial charge in [-0.3, -0.25) is 14.5 Å². The molecule has 1 aliphatic carbocycles. The van der Waals surface area contributed by atoms with Crippen molar-refractivity contribution in [1.29, 1.82) is 5.26 Å². The number of allylic oxidation sites excluding steroid dienone is 2. The molecule has 126 valence electrons. The molecule has 2 amide bonds. The van der Waals surface area contributed by atoms with E-state index in [0.29, 0.717) is 11.1 Å².